The van der Waals surface area contributed by atoms with E-state index in [1.165, 1.54) is 0 Å². The number of benzene rings is 1. The number of pyridine rings is 2. The van der Waals surface area contributed by atoms with Gasteiger partial charge in [-0.05, 0) is 44.2 Å². The van der Waals surface area contributed by atoms with Gasteiger partial charge < -0.3 is 9.84 Å². The highest BCUT2D eigenvalue weighted by Crippen LogP contribution is 2.30. The van der Waals surface area contributed by atoms with E-state index in [0.29, 0.717) is 33.9 Å². The summed E-state index contributed by atoms with van der Waals surface area (Å²) in [5.41, 5.74) is 3.98. The highest BCUT2D eigenvalue weighted by Gasteiger charge is 2.18. The fourth-order valence-electron chi connectivity index (χ4n) is 3.17. The van der Waals surface area contributed by atoms with Crippen LogP contribution in [0.4, 0.5) is 5.82 Å². The van der Waals surface area contributed by atoms with Crippen molar-refractivity contribution in [2.24, 2.45) is 0 Å². The Morgan fingerprint density at radius 3 is 2.76 bits per heavy atom. The zero-order valence-corrected chi connectivity index (χ0v) is 16.4. The van der Waals surface area contributed by atoms with Gasteiger partial charge in [0.1, 0.15) is 10.8 Å². The average molecular weight is 401 g/mol. The zero-order valence-electron chi connectivity index (χ0n) is 15.6. The molecule has 29 heavy (non-hydrogen) atoms. The van der Waals surface area contributed by atoms with E-state index in [2.05, 4.69) is 25.4 Å². The van der Waals surface area contributed by atoms with E-state index in [0.717, 1.165) is 20.8 Å². The van der Waals surface area contributed by atoms with E-state index in [-0.39, 0.29) is 5.91 Å². The average Bonchev–Trinajstić information content (AvgIpc) is 3.31. The van der Waals surface area contributed by atoms with Gasteiger partial charge in [-0.25, -0.2) is 15.0 Å². The van der Waals surface area contributed by atoms with E-state index in [4.69, 9.17) is 4.52 Å². The van der Waals surface area contributed by atoms with Crippen molar-refractivity contribution in [2.75, 3.05) is 5.32 Å². The Morgan fingerprint density at radius 1 is 1.10 bits per heavy atom. The van der Waals surface area contributed by atoms with Crippen molar-refractivity contribution in [3.05, 3.63) is 65.6 Å². The first-order valence-corrected chi connectivity index (χ1v) is 9.77. The van der Waals surface area contributed by atoms with Crippen molar-refractivity contribution in [1.82, 2.24) is 20.1 Å². The van der Waals surface area contributed by atoms with E-state index >= 15 is 0 Å². The molecule has 0 aliphatic rings. The normalized spacial score (nSPS) is 11.2. The lowest BCUT2D eigenvalue weighted by molar-refractivity contribution is 0.102. The molecule has 0 saturated heterocycles. The molecule has 5 rings (SSSR count). The molecule has 5 aromatic rings. The largest absolute Gasteiger partial charge is 0.336 e. The molecule has 0 spiro atoms. The monoisotopic (exact) mass is 401 g/mol. The van der Waals surface area contributed by atoms with Crippen LogP contribution in [0.25, 0.3) is 31.9 Å². The minimum atomic E-state index is -0.285. The van der Waals surface area contributed by atoms with Crippen molar-refractivity contribution >= 4 is 44.4 Å². The number of hydrogen-bond donors (Lipinski definition) is 1. The van der Waals surface area contributed by atoms with E-state index in [1.807, 2.05) is 30.3 Å². The van der Waals surface area contributed by atoms with Gasteiger partial charge in [0, 0.05) is 17.5 Å². The van der Waals surface area contributed by atoms with Crippen LogP contribution >= 0.6 is 11.3 Å². The van der Waals surface area contributed by atoms with Crippen molar-refractivity contribution < 1.29 is 9.32 Å². The summed E-state index contributed by atoms with van der Waals surface area (Å²) < 4.78 is 6.32. The van der Waals surface area contributed by atoms with Crippen LogP contribution in [-0.4, -0.2) is 26.0 Å². The summed E-state index contributed by atoms with van der Waals surface area (Å²) in [4.78, 5) is 26.1. The third-order valence-electron chi connectivity index (χ3n) is 4.54. The topological polar surface area (TPSA) is 93.8 Å². The maximum absolute atomic E-state index is 12.8. The molecule has 0 radical (unpaired) electrons. The van der Waals surface area contributed by atoms with E-state index < -0.39 is 0 Å². The number of fused-ring (bicyclic) bond motifs is 2. The van der Waals surface area contributed by atoms with Gasteiger partial charge in [0.05, 0.1) is 26.9 Å². The van der Waals surface area contributed by atoms with Crippen LogP contribution in [0.5, 0.6) is 0 Å². The summed E-state index contributed by atoms with van der Waals surface area (Å²) in [7, 11) is 0. The number of nitrogens with one attached hydrogen (secondary N) is 1. The molecule has 0 unspecified atom stereocenters. The summed E-state index contributed by atoms with van der Waals surface area (Å²) in [6.07, 6.45) is 1.71. The first-order chi connectivity index (χ1) is 14.1. The van der Waals surface area contributed by atoms with Crippen molar-refractivity contribution in [2.45, 2.75) is 13.8 Å². The second-order valence-electron chi connectivity index (χ2n) is 6.63. The molecule has 4 heterocycles. The van der Waals surface area contributed by atoms with Gasteiger partial charge in [-0.1, -0.05) is 17.3 Å². The maximum Gasteiger partial charge on any atom is 0.258 e. The number of aromatic nitrogens is 4. The Hall–Kier alpha value is -3.65. The molecular formula is C21H15N5O2S. The molecule has 0 aliphatic heterocycles. The number of rotatable bonds is 3. The van der Waals surface area contributed by atoms with Crippen LogP contribution < -0.4 is 5.32 Å². The van der Waals surface area contributed by atoms with Crippen molar-refractivity contribution in [3.63, 3.8) is 0 Å². The molecule has 0 fully saturated rings. The highest BCUT2D eigenvalue weighted by atomic mass is 32.1. The molecule has 142 valence electrons. The number of para-hydroxylation sites is 1. The molecule has 0 bridgehead atoms. The minimum Gasteiger partial charge on any atom is -0.336 e. The number of amides is 1. The van der Waals surface area contributed by atoms with Crippen LogP contribution in [0.15, 0.2) is 53.2 Å². The highest BCUT2D eigenvalue weighted by molar-refractivity contribution is 7.21. The summed E-state index contributed by atoms with van der Waals surface area (Å²) in [5, 5.41) is 8.25. The summed E-state index contributed by atoms with van der Waals surface area (Å²) in [6, 6.07) is 13.4. The van der Waals surface area contributed by atoms with Gasteiger partial charge in [0.25, 0.3) is 11.6 Å². The van der Waals surface area contributed by atoms with Crippen LogP contribution in [0.3, 0.4) is 0 Å². The van der Waals surface area contributed by atoms with Gasteiger partial charge in [-0.2, -0.15) is 0 Å². The number of anilines is 1. The Kier molecular flexibility index (Phi) is 4.06. The number of nitrogens with zero attached hydrogens (tertiary/aromatic N) is 4. The smallest absolute Gasteiger partial charge is 0.258 e. The third kappa shape index (κ3) is 3.13. The Balaban J connectivity index is 1.43. The Morgan fingerprint density at radius 2 is 1.97 bits per heavy atom. The lowest BCUT2D eigenvalue weighted by atomic mass is 10.1. The quantitative estimate of drug-likeness (QED) is 0.468. The second kappa shape index (κ2) is 6.75. The van der Waals surface area contributed by atoms with E-state index in [1.54, 1.807) is 43.5 Å². The van der Waals surface area contributed by atoms with Gasteiger partial charge in [-0.3, -0.25) is 4.79 Å². The van der Waals surface area contributed by atoms with Gasteiger partial charge >= 0.3 is 0 Å². The van der Waals surface area contributed by atoms with E-state index in [9.17, 15) is 4.79 Å². The standard InChI is InChI=1S/C21H15N5O2S/c1-11-9-14(18-12(2)26-28-20(18)23-11)19(27)25-17-8-7-13(10-22-17)21-24-15-5-3-4-6-16(15)29-21/h3-10H,1-2H3,(H,22,25,27). The molecule has 4 aromatic heterocycles. The Labute approximate surface area is 169 Å². The molecule has 0 aliphatic carbocycles. The minimum absolute atomic E-state index is 0.285. The second-order valence-corrected chi connectivity index (χ2v) is 7.66. The molecule has 1 amide bonds. The zero-order chi connectivity index (χ0) is 20.0. The molecule has 1 aromatic carbocycles. The van der Waals surface area contributed by atoms with Gasteiger partial charge in [0.15, 0.2) is 0 Å². The Bertz CT molecular complexity index is 1340. The lowest BCUT2D eigenvalue weighted by Gasteiger charge is -2.06. The third-order valence-corrected chi connectivity index (χ3v) is 5.62. The number of carbonyl (C=O) groups is 1. The first-order valence-electron chi connectivity index (χ1n) is 8.95. The summed E-state index contributed by atoms with van der Waals surface area (Å²) in [5.74, 6) is 0.170. The molecular weight excluding hydrogens is 386 g/mol. The van der Waals surface area contributed by atoms with Crippen LogP contribution in [0.2, 0.25) is 0 Å². The molecule has 0 saturated carbocycles. The van der Waals surface area contributed by atoms with Gasteiger partial charge in [-0.15, -0.1) is 11.3 Å². The number of hydrogen-bond acceptors (Lipinski definition) is 7. The number of thiazole rings is 1. The SMILES string of the molecule is Cc1cc(C(=O)Nc2ccc(-c3nc4ccccc4s3)cn2)c2c(C)noc2n1. The van der Waals surface area contributed by atoms with Crippen LogP contribution in [0.1, 0.15) is 21.7 Å². The predicted molar refractivity (Wildman–Crippen MR) is 112 cm³/mol. The predicted octanol–water partition coefficient (Wildman–Crippen LogP) is 4.76. The molecule has 0 atom stereocenters. The first kappa shape index (κ1) is 17.4. The lowest BCUT2D eigenvalue weighted by Crippen LogP contribution is -2.14. The molecule has 8 heteroatoms. The number of aryl methyl sites for hydroxylation is 2. The summed E-state index contributed by atoms with van der Waals surface area (Å²) in [6.45, 7) is 3.59. The van der Waals surface area contributed by atoms with Crippen molar-refractivity contribution in [3.8, 4) is 10.6 Å². The molecule has 7 nitrogen and oxygen atoms in total. The maximum atomic E-state index is 12.8. The molecule has 1 N–H and O–H groups in total. The van der Waals surface area contributed by atoms with Crippen LogP contribution in [0, 0.1) is 13.8 Å². The number of carbonyl (C=O) groups excluding carboxylic acids is 1. The summed E-state index contributed by atoms with van der Waals surface area (Å²) >= 11 is 1.61. The van der Waals surface area contributed by atoms with Crippen LogP contribution in [-0.2, 0) is 0 Å². The fourth-order valence-corrected chi connectivity index (χ4v) is 4.13. The van der Waals surface area contributed by atoms with Crippen molar-refractivity contribution in [1.29, 1.82) is 0 Å². The van der Waals surface area contributed by atoms with Gasteiger partial charge in [0.2, 0.25) is 0 Å². The fraction of sp³-hybridized carbons (Fsp3) is 0.0952.